The molecule has 0 spiro atoms. The fraction of sp³-hybridized carbons (Fsp3) is 0.650. The maximum absolute atomic E-state index is 6.09. The summed E-state index contributed by atoms with van der Waals surface area (Å²) in [7, 11) is 0. The number of hydrogen-bond acceptors (Lipinski definition) is 3. The molecule has 5 nitrogen and oxygen atoms in total. The number of halogens is 1. The fourth-order valence-corrected chi connectivity index (χ4v) is 2.60. The van der Waals surface area contributed by atoms with Crippen molar-refractivity contribution in [2.24, 2.45) is 4.99 Å². The van der Waals surface area contributed by atoms with Crippen LogP contribution in [0.1, 0.15) is 51.5 Å². The van der Waals surface area contributed by atoms with E-state index in [1.807, 2.05) is 19.1 Å². The van der Waals surface area contributed by atoms with Gasteiger partial charge >= 0.3 is 0 Å². The minimum absolute atomic E-state index is 0. The van der Waals surface area contributed by atoms with Crippen molar-refractivity contribution in [3.8, 4) is 5.75 Å². The van der Waals surface area contributed by atoms with E-state index in [0.29, 0.717) is 12.6 Å². The number of unbranched alkanes of at least 4 members (excludes halogenated alkanes) is 1. The lowest BCUT2D eigenvalue weighted by molar-refractivity contribution is 0.119. The first-order chi connectivity index (χ1) is 12.3. The Bertz CT molecular complexity index is 522. The summed E-state index contributed by atoms with van der Waals surface area (Å²) < 4.78 is 11.5. The lowest BCUT2D eigenvalue weighted by atomic mass is 9.96. The average molecular weight is 475 g/mol. The van der Waals surface area contributed by atoms with Gasteiger partial charge in [-0.2, -0.15) is 0 Å². The number of aliphatic imine (C=N–C) groups is 1. The van der Waals surface area contributed by atoms with Crippen molar-refractivity contribution in [2.75, 3.05) is 26.3 Å². The number of nitrogens with zero attached hydrogens (tertiary/aromatic N) is 1. The van der Waals surface area contributed by atoms with Crippen molar-refractivity contribution in [3.63, 3.8) is 0 Å². The van der Waals surface area contributed by atoms with Crippen LogP contribution in [0.5, 0.6) is 5.75 Å². The first-order valence-electron chi connectivity index (χ1n) is 9.68. The first-order valence-corrected chi connectivity index (χ1v) is 9.68. The lowest BCUT2D eigenvalue weighted by Gasteiger charge is -2.27. The Hall–Kier alpha value is -1.02. The Morgan fingerprint density at radius 3 is 2.65 bits per heavy atom. The van der Waals surface area contributed by atoms with Crippen molar-refractivity contribution in [2.45, 2.75) is 58.6 Å². The van der Waals surface area contributed by atoms with E-state index in [4.69, 9.17) is 14.5 Å². The molecule has 2 rings (SSSR count). The van der Waals surface area contributed by atoms with Gasteiger partial charge in [0.1, 0.15) is 5.75 Å². The summed E-state index contributed by atoms with van der Waals surface area (Å²) in [6.45, 7) is 8.11. The molecule has 0 aliphatic heterocycles. The molecule has 1 saturated carbocycles. The molecular weight excluding hydrogens is 441 g/mol. The average Bonchev–Trinajstić information content (AvgIpc) is 2.59. The van der Waals surface area contributed by atoms with Crippen LogP contribution in [0.25, 0.3) is 0 Å². The van der Waals surface area contributed by atoms with Crippen LogP contribution in [0.4, 0.5) is 0 Å². The number of guanidine groups is 1. The van der Waals surface area contributed by atoms with Crippen LogP contribution < -0.4 is 15.4 Å². The van der Waals surface area contributed by atoms with Crippen molar-refractivity contribution in [1.29, 1.82) is 0 Å². The lowest BCUT2D eigenvalue weighted by Crippen LogP contribution is -2.37. The van der Waals surface area contributed by atoms with Crippen molar-refractivity contribution in [3.05, 3.63) is 29.8 Å². The summed E-state index contributed by atoms with van der Waals surface area (Å²) in [4.78, 5) is 4.71. The SMILES string of the molecule is CCNC(=NCc1ccccc1OC1CCC1)NCCCCOCC.I. The Kier molecular flexibility index (Phi) is 12.5. The molecule has 1 aromatic carbocycles. The predicted molar refractivity (Wildman–Crippen MR) is 119 cm³/mol. The van der Waals surface area contributed by atoms with E-state index in [0.717, 1.165) is 56.4 Å². The summed E-state index contributed by atoms with van der Waals surface area (Å²) in [5.41, 5.74) is 1.14. The summed E-state index contributed by atoms with van der Waals surface area (Å²) >= 11 is 0. The number of hydrogen-bond donors (Lipinski definition) is 2. The van der Waals surface area contributed by atoms with E-state index < -0.39 is 0 Å². The van der Waals surface area contributed by atoms with Crippen molar-refractivity contribution >= 4 is 29.9 Å². The predicted octanol–water partition coefficient (Wildman–Crippen LogP) is 4.11. The summed E-state index contributed by atoms with van der Waals surface area (Å²) in [5.74, 6) is 1.83. The van der Waals surface area contributed by atoms with E-state index in [1.165, 1.54) is 19.3 Å². The fourth-order valence-electron chi connectivity index (χ4n) is 2.60. The van der Waals surface area contributed by atoms with Crippen LogP contribution in [-0.2, 0) is 11.3 Å². The van der Waals surface area contributed by atoms with Crippen LogP contribution in [0.15, 0.2) is 29.3 Å². The third-order valence-corrected chi connectivity index (χ3v) is 4.28. The number of ether oxygens (including phenoxy) is 2. The molecule has 0 heterocycles. The molecule has 1 aromatic rings. The molecule has 148 valence electrons. The molecule has 26 heavy (non-hydrogen) atoms. The molecular formula is C20H34IN3O2. The van der Waals surface area contributed by atoms with Gasteiger partial charge in [0.05, 0.1) is 12.6 Å². The summed E-state index contributed by atoms with van der Waals surface area (Å²) in [6, 6.07) is 8.23. The Balaban J connectivity index is 0.00000338. The normalized spacial score (nSPS) is 14.3. The van der Waals surface area contributed by atoms with E-state index in [1.54, 1.807) is 0 Å². The summed E-state index contributed by atoms with van der Waals surface area (Å²) in [6.07, 6.45) is 6.15. The molecule has 1 aliphatic carbocycles. The molecule has 0 amide bonds. The topological polar surface area (TPSA) is 54.9 Å². The maximum Gasteiger partial charge on any atom is 0.191 e. The van der Waals surface area contributed by atoms with Crippen LogP contribution in [0.2, 0.25) is 0 Å². The number of para-hydroxylation sites is 1. The van der Waals surface area contributed by atoms with Crippen LogP contribution in [-0.4, -0.2) is 38.4 Å². The zero-order valence-corrected chi connectivity index (χ0v) is 18.5. The second-order valence-electron chi connectivity index (χ2n) is 6.30. The number of benzene rings is 1. The highest BCUT2D eigenvalue weighted by Crippen LogP contribution is 2.27. The summed E-state index contributed by atoms with van der Waals surface area (Å²) in [5, 5.41) is 6.70. The number of rotatable bonds is 11. The molecule has 0 unspecified atom stereocenters. The van der Waals surface area contributed by atoms with Gasteiger partial charge in [0.25, 0.3) is 0 Å². The zero-order chi connectivity index (χ0) is 17.7. The van der Waals surface area contributed by atoms with Gasteiger partial charge < -0.3 is 20.1 Å². The highest BCUT2D eigenvalue weighted by molar-refractivity contribution is 14.0. The van der Waals surface area contributed by atoms with Crippen LogP contribution >= 0.6 is 24.0 Å². The minimum Gasteiger partial charge on any atom is -0.490 e. The Morgan fingerprint density at radius 1 is 1.15 bits per heavy atom. The highest BCUT2D eigenvalue weighted by Gasteiger charge is 2.20. The molecule has 6 heteroatoms. The van der Waals surface area contributed by atoms with Gasteiger partial charge in [-0.3, -0.25) is 0 Å². The standard InChI is InChI=1S/C20H33N3O2.HI/c1-3-21-20(22-14-7-8-15-24-4-2)23-16-17-10-5-6-13-19(17)25-18-11-9-12-18;/h5-6,10,13,18H,3-4,7-9,11-12,14-16H2,1-2H3,(H2,21,22,23);1H. The number of nitrogens with one attached hydrogen (secondary N) is 2. The van der Waals surface area contributed by atoms with E-state index in [9.17, 15) is 0 Å². The smallest absolute Gasteiger partial charge is 0.191 e. The molecule has 2 N–H and O–H groups in total. The van der Waals surface area contributed by atoms with Crippen LogP contribution in [0.3, 0.4) is 0 Å². The Morgan fingerprint density at radius 2 is 1.96 bits per heavy atom. The van der Waals surface area contributed by atoms with Crippen LogP contribution in [0, 0.1) is 0 Å². The second kappa shape index (κ2) is 14.1. The molecule has 0 saturated heterocycles. The van der Waals surface area contributed by atoms with Gasteiger partial charge in [0.15, 0.2) is 5.96 Å². The van der Waals surface area contributed by atoms with Gasteiger partial charge in [0, 0.05) is 31.9 Å². The van der Waals surface area contributed by atoms with Gasteiger partial charge in [-0.15, -0.1) is 24.0 Å². The van der Waals surface area contributed by atoms with Gasteiger partial charge in [-0.25, -0.2) is 4.99 Å². The van der Waals surface area contributed by atoms with Gasteiger partial charge in [0.2, 0.25) is 0 Å². The zero-order valence-electron chi connectivity index (χ0n) is 16.1. The van der Waals surface area contributed by atoms with Gasteiger partial charge in [-0.05, 0) is 52.0 Å². The molecule has 0 radical (unpaired) electrons. The van der Waals surface area contributed by atoms with Gasteiger partial charge in [-0.1, -0.05) is 18.2 Å². The van der Waals surface area contributed by atoms with Crippen molar-refractivity contribution < 1.29 is 9.47 Å². The molecule has 0 atom stereocenters. The molecule has 0 aromatic heterocycles. The monoisotopic (exact) mass is 475 g/mol. The third-order valence-electron chi connectivity index (χ3n) is 4.28. The minimum atomic E-state index is 0. The van der Waals surface area contributed by atoms with E-state index in [-0.39, 0.29) is 24.0 Å². The third kappa shape index (κ3) is 8.58. The van der Waals surface area contributed by atoms with E-state index >= 15 is 0 Å². The van der Waals surface area contributed by atoms with E-state index in [2.05, 4.69) is 29.7 Å². The maximum atomic E-state index is 6.09. The largest absolute Gasteiger partial charge is 0.490 e. The Labute approximate surface area is 175 Å². The molecule has 0 bridgehead atoms. The first kappa shape index (κ1) is 23.0. The highest BCUT2D eigenvalue weighted by atomic mass is 127. The van der Waals surface area contributed by atoms with Crippen molar-refractivity contribution in [1.82, 2.24) is 10.6 Å². The molecule has 1 aliphatic rings. The second-order valence-corrected chi connectivity index (χ2v) is 6.30. The molecule has 1 fully saturated rings. The quantitative estimate of drug-likeness (QED) is 0.219.